The third-order valence-electron chi connectivity index (χ3n) is 6.52. The highest BCUT2D eigenvalue weighted by Gasteiger charge is 2.42. The maximum absolute atomic E-state index is 12.5. The molecule has 168 valence electrons. The summed E-state index contributed by atoms with van der Waals surface area (Å²) in [6.45, 7) is 4.07. The van der Waals surface area contributed by atoms with Crippen molar-refractivity contribution in [1.29, 1.82) is 0 Å². The van der Waals surface area contributed by atoms with Crippen LogP contribution in [0.4, 0.5) is 22.2 Å². The number of nitrogen functional groups attached to an aromatic ring is 1. The maximum atomic E-state index is 12.5. The van der Waals surface area contributed by atoms with E-state index in [0.29, 0.717) is 23.4 Å². The fourth-order valence-electron chi connectivity index (χ4n) is 4.05. The summed E-state index contributed by atoms with van der Waals surface area (Å²) >= 11 is 0. The van der Waals surface area contributed by atoms with Crippen LogP contribution >= 0.6 is 0 Å². The first-order chi connectivity index (χ1) is 15.9. The van der Waals surface area contributed by atoms with Gasteiger partial charge in [0.25, 0.3) is 0 Å². The van der Waals surface area contributed by atoms with Gasteiger partial charge < -0.3 is 15.6 Å². The maximum Gasteiger partial charge on any atom is 0.326 e. The Labute approximate surface area is 189 Å². The molecule has 10 heteroatoms. The van der Waals surface area contributed by atoms with Crippen LogP contribution in [0.25, 0.3) is 22.3 Å². The summed E-state index contributed by atoms with van der Waals surface area (Å²) in [5.74, 6) is 0.741. The van der Waals surface area contributed by atoms with E-state index in [0.717, 1.165) is 59.2 Å². The fourth-order valence-corrected chi connectivity index (χ4v) is 4.05. The van der Waals surface area contributed by atoms with Gasteiger partial charge in [-0.2, -0.15) is 5.10 Å². The topological polar surface area (TPSA) is 137 Å². The van der Waals surface area contributed by atoms with Crippen LogP contribution in [0.3, 0.4) is 0 Å². The Kier molecular flexibility index (Phi) is 4.20. The molecule has 3 heterocycles. The van der Waals surface area contributed by atoms with Crippen LogP contribution in [0.5, 0.6) is 0 Å². The molecule has 0 bridgehead atoms. The minimum atomic E-state index is -0.393. The molecule has 0 saturated heterocycles. The number of rotatable bonds is 5. The lowest BCUT2D eigenvalue weighted by molar-refractivity contribution is 0.261. The lowest BCUT2D eigenvalue weighted by atomic mass is 10.1. The van der Waals surface area contributed by atoms with E-state index in [2.05, 4.69) is 32.7 Å². The van der Waals surface area contributed by atoms with E-state index in [1.165, 1.54) is 6.33 Å². The van der Waals surface area contributed by atoms with Crippen molar-refractivity contribution in [1.82, 2.24) is 24.9 Å². The molecule has 6 rings (SSSR count). The molecule has 3 aromatic heterocycles. The number of hydrogen-bond donors (Lipinski definition) is 3. The third kappa shape index (κ3) is 3.47. The molecule has 2 aliphatic carbocycles. The molecule has 0 radical (unpaired) electrons. The molecule has 33 heavy (non-hydrogen) atoms. The molecular formula is C23H24N8O2. The Morgan fingerprint density at radius 2 is 2.03 bits per heavy atom. The number of carbonyl (C=O) groups is 1. The molecule has 2 aliphatic rings. The van der Waals surface area contributed by atoms with Gasteiger partial charge in [-0.3, -0.25) is 5.32 Å². The van der Waals surface area contributed by atoms with E-state index < -0.39 is 6.03 Å². The summed E-state index contributed by atoms with van der Waals surface area (Å²) < 4.78 is 7.22. The number of benzene rings is 1. The van der Waals surface area contributed by atoms with Crippen LogP contribution in [0.2, 0.25) is 0 Å². The highest BCUT2D eigenvalue weighted by Crippen LogP contribution is 2.47. The highest BCUT2D eigenvalue weighted by molar-refractivity contribution is 6.01. The summed E-state index contributed by atoms with van der Waals surface area (Å²) in [6, 6.07) is 7.49. The number of aryl methyl sites for hydroxylation is 1. The number of hydrogen-bond acceptors (Lipinski definition) is 7. The molecule has 10 nitrogen and oxygen atoms in total. The van der Waals surface area contributed by atoms with Crippen LogP contribution in [-0.2, 0) is 5.41 Å². The van der Waals surface area contributed by atoms with Gasteiger partial charge in [0.05, 0.1) is 17.1 Å². The Morgan fingerprint density at radius 3 is 2.76 bits per heavy atom. The normalized spacial score (nSPS) is 16.7. The van der Waals surface area contributed by atoms with Crippen molar-refractivity contribution < 1.29 is 9.32 Å². The van der Waals surface area contributed by atoms with Gasteiger partial charge in [0, 0.05) is 22.7 Å². The van der Waals surface area contributed by atoms with Gasteiger partial charge in [-0.1, -0.05) is 18.1 Å². The molecule has 4 aromatic rings. The van der Waals surface area contributed by atoms with Crippen molar-refractivity contribution in [3.05, 3.63) is 41.9 Å². The fraction of sp³-hybridized carbons (Fsp3) is 0.348. The number of aromatic nitrogens is 5. The van der Waals surface area contributed by atoms with Gasteiger partial charge >= 0.3 is 6.03 Å². The summed E-state index contributed by atoms with van der Waals surface area (Å²) in [5, 5.41) is 15.2. The van der Waals surface area contributed by atoms with E-state index >= 15 is 0 Å². The van der Waals surface area contributed by atoms with Gasteiger partial charge in [0.2, 0.25) is 5.88 Å². The quantitative estimate of drug-likeness (QED) is 0.415. The molecule has 4 N–H and O–H groups in total. The number of nitrogens with two attached hydrogens (primary N) is 1. The Bertz CT molecular complexity index is 1400. The lowest BCUT2D eigenvalue weighted by Crippen LogP contribution is -2.19. The summed E-state index contributed by atoms with van der Waals surface area (Å²) in [5.41, 5.74) is 11.1. The summed E-state index contributed by atoms with van der Waals surface area (Å²) in [7, 11) is 0. The van der Waals surface area contributed by atoms with E-state index in [1.807, 2.05) is 29.8 Å². The number of nitrogens with zero attached hydrogens (tertiary/aromatic N) is 5. The Balaban J connectivity index is 1.24. The summed E-state index contributed by atoms with van der Waals surface area (Å²) in [4.78, 5) is 21.1. The monoisotopic (exact) mass is 444 g/mol. The van der Waals surface area contributed by atoms with Crippen LogP contribution in [0, 0.1) is 6.92 Å². The van der Waals surface area contributed by atoms with Crippen molar-refractivity contribution in [3.63, 3.8) is 0 Å². The highest BCUT2D eigenvalue weighted by atomic mass is 16.5. The van der Waals surface area contributed by atoms with Crippen molar-refractivity contribution in [3.8, 4) is 11.3 Å². The first-order valence-electron chi connectivity index (χ1n) is 11.1. The predicted octanol–water partition coefficient (Wildman–Crippen LogP) is 4.40. The summed E-state index contributed by atoms with van der Waals surface area (Å²) in [6.07, 6.45) is 5.82. The zero-order valence-electron chi connectivity index (χ0n) is 18.4. The number of urea groups is 1. The average Bonchev–Trinajstić information content (AvgIpc) is 3.68. The van der Waals surface area contributed by atoms with Crippen molar-refractivity contribution in [2.45, 2.75) is 51.0 Å². The van der Waals surface area contributed by atoms with Gasteiger partial charge in [-0.05, 0) is 50.3 Å². The molecular weight excluding hydrogens is 420 g/mol. The predicted molar refractivity (Wildman–Crippen MR) is 124 cm³/mol. The zero-order valence-corrected chi connectivity index (χ0v) is 18.4. The second-order valence-electron chi connectivity index (χ2n) is 9.23. The molecule has 2 saturated carbocycles. The number of carbonyl (C=O) groups excluding carboxylic acids is 1. The molecule has 1 aromatic carbocycles. The first-order valence-corrected chi connectivity index (χ1v) is 11.1. The number of anilines is 3. The molecule has 0 aliphatic heterocycles. The SMILES string of the molecule is Cc1cc(-c2nn(C3CC3)c3ncnc(N)c23)ccc1NC(=O)Nc1cc(C2(C)CC2)no1. The molecule has 0 atom stereocenters. The minimum absolute atomic E-state index is 0.0808. The van der Waals surface area contributed by atoms with E-state index in [-0.39, 0.29) is 5.41 Å². The largest absolute Gasteiger partial charge is 0.383 e. The lowest BCUT2D eigenvalue weighted by Gasteiger charge is -2.10. The Morgan fingerprint density at radius 1 is 1.21 bits per heavy atom. The van der Waals surface area contributed by atoms with Crippen LogP contribution in [0.15, 0.2) is 35.1 Å². The number of fused-ring (bicyclic) bond motifs is 1. The van der Waals surface area contributed by atoms with Crippen LogP contribution in [0.1, 0.15) is 49.9 Å². The third-order valence-corrected chi connectivity index (χ3v) is 6.52. The molecule has 0 spiro atoms. The smallest absolute Gasteiger partial charge is 0.326 e. The van der Waals surface area contributed by atoms with Crippen LogP contribution < -0.4 is 16.4 Å². The second-order valence-corrected chi connectivity index (χ2v) is 9.23. The molecule has 0 unspecified atom stereocenters. The minimum Gasteiger partial charge on any atom is -0.383 e. The first kappa shape index (κ1) is 19.7. The number of amides is 2. The number of nitrogens with one attached hydrogen (secondary N) is 2. The van der Waals surface area contributed by atoms with Gasteiger partial charge in [0.1, 0.15) is 17.8 Å². The van der Waals surface area contributed by atoms with Crippen molar-refractivity contribution >= 4 is 34.5 Å². The standard InChI is InChI=1S/C23H24N8O2/c1-12-9-13(19-18-20(24)25-11-26-21(18)31(29-19)14-4-5-14)3-6-15(12)27-22(32)28-17-10-16(30-33-17)23(2)7-8-23/h3,6,9-11,14H,4-5,7-8H2,1-2H3,(H2,24,25,26)(H2,27,28,32). The van der Waals surface area contributed by atoms with E-state index in [1.54, 1.807) is 6.07 Å². The average molecular weight is 444 g/mol. The molecule has 2 fully saturated rings. The zero-order chi connectivity index (χ0) is 22.7. The van der Waals surface area contributed by atoms with Gasteiger partial charge in [0.15, 0.2) is 5.65 Å². The van der Waals surface area contributed by atoms with E-state index in [4.69, 9.17) is 15.4 Å². The molecule has 2 amide bonds. The second kappa shape index (κ2) is 7.03. The van der Waals surface area contributed by atoms with Gasteiger partial charge in [-0.15, -0.1) is 0 Å². The van der Waals surface area contributed by atoms with Crippen LogP contribution in [-0.4, -0.2) is 30.9 Å². The van der Waals surface area contributed by atoms with Gasteiger partial charge in [-0.25, -0.2) is 19.4 Å². The van der Waals surface area contributed by atoms with Crippen molar-refractivity contribution in [2.75, 3.05) is 16.4 Å². The van der Waals surface area contributed by atoms with E-state index in [9.17, 15) is 4.79 Å². The Hall–Kier alpha value is -3.95. The van der Waals surface area contributed by atoms with Crippen molar-refractivity contribution in [2.24, 2.45) is 0 Å².